The van der Waals surface area contributed by atoms with Crippen molar-refractivity contribution in [3.8, 4) is 0 Å². The van der Waals surface area contributed by atoms with Crippen molar-refractivity contribution >= 4 is 0 Å². The van der Waals surface area contributed by atoms with E-state index in [1.807, 2.05) is 6.08 Å². The van der Waals surface area contributed by atoms with Gasteiger partial charge in [0.1, 0.15) is 0 Å². The van der Waals surface area contributed by atoms with Crippen LogP contribution in [0.1, 0.15) is 26.2 Å². The Labute approximate surface area is 68.5 Å². The number of hydrogen-bond acceptors (Lipinski definition) is 2. The van der Waals surface area contributed by atoms with Crippen LogP contribution in [-0.2, 0) is 0 Å². The molecule has 1 saturated heterocycles. The van der Waals surface area contributed by atoms with E-state index < -0.39 is 0 Å². The summed E-state index contributed by atoms with van der Waals surface area (Å²) < 4.78 is 0. The van der Waals surface area contributed by atoms with Gasteiger partial charge in [0.2, 0.25) is 0 Å². The molecule has 1 rings (SSSR count). The number of nitrogens with zero attached hydrogens (tertiary/aromatic N) is 1. The standard InChI is InChI=1S/C9H17NO/c1-3-5-9(2)6-4-7-10(11)8-9/h3,11H,1,4-8H2,2H3/t9-/m1/s1. The zero-order valence-corrected chi connectivity index (χ0v) is 7.21. The molecule has 2 nitrogen and oxygen atoms in total. The third-order valence-electron chi connectivity index (χ3n) is 2.40. The highest BCUT2D eigenvalue weighted by molar-refractivity contribution is 4.86. The van der Waals surface area contributed by atoms with Gasteiger partial charge in [-0.2, -0.15) is 5.06 Å². The predicted molar refractivity (Wildman–Crippen MR) is 45.5 cm³/mol. The molecule has 1 atom stereocenters. The van der Waals surface area contributed by atoms with Gasteiger partial charge in [0.05, 0.1) is 0 Å². The largest absolute Gasteiger partial charge is 0.314 e. The maximum absolute atomic E-state index is 9.27. The Morgan fingerprint density at radius 1 is 1.73 bits per heavy atom. The van der Waals surface area contributed by atoms with Gasteiger partial charge in [-0.1, -0.05) is 13.0 Å². The van der Waals surface area contributed by atoms with Crippen molar-refractivity contribution in [2.75, 3.05) is 13.1 Å². The number of hydrogen-bond donors (Lipinski definition) is 1. The van der Waals surface area contributed by atoms with Gasteiger partial charge in [-0.05, 0) is 24.7 Å². The van der Waals surface area contributed by atoms with Crippen LogP contribution in [0.25, 0.3) is 0 Å². The molecule has 64 valence electrons. The normalized spacial score (nSPS) is 33.6. The first kappa shape index (κ1) is 8.75. The number of rotatable bonds is 2. The van der Waals surface area contributed by atoms with Gasteiger partial charge in [0.15, 0.2) is 0 Å². The fourth-order valence-electron chi connectivity index (χ4n) is 1.80. The Kier molecular flexibility index (Phi) is 2.68. The third-order valence-corrected chi connectivity index (χ3v) is 2.40. The van der Waals surface area contributed by atoms with Crippen LogP contribution >= 0.6 is 0 Å². The van der Waals surface area contributed by atoms with Gasteiger partial charge in [0.25, 0.3) is 0 Å². The van der Waals surface area contributed by atoms with E-state index >= 15 is 0 Å². The highest BCUT2D eigenvalue weighted by Gasteiger charge is 2.28. The second-order valence-electron chi connectivity index (χ2n) is 3.80. The maximum atomic E-state index is 9.27. The molecule has 0 aromatic rings. The molecule has 1 aliphatic heterocycles. The second-order valence-corrected chi connectivity index (χ2v) is 3.80. The van der Waals surface area contributed by atoms with E-state index in [-0.39, 0.29) is 5.41 Å². The Hall–Kier alpha value is -0.340. The third kappa shape index (κ3) is 2.31. The summed E-state index contributed by atoms with van der Waals surface area (Å²) in [6, 6.07) is 0. The minimum atomic E-state index is 0.259. The first-order chi connectivity index (χ1) is 5.16. The highest BCUT2D eigenvalue weighted by atomic mass is 16.5. The lowest BCUT2D eigenvalue weighted by Gasteiger charge is -2.36. The number of piperidine rings is 1. The van der Waals surface area contributed by atoms with Crippen molar-refractivity contribution in [2.45, 2.75) is 26.2 Å². The van der Waals surface area contributed by atoms with Gasteiger partial charge in [-0.3, -0.25) is 0 Å². The summed E-state index contributed by atoms with van der Waals surface area (Å²) in [7, 11) is 0. The van der Waals surface area contributed by atoms with E-state index in [4.69, 9.17) is 0 Å². The molecule has 1 fully saturated rings. The average molecular weight is 155 g/mol. The van der Waals surface area contributed by atoms with E-state index in [9.17, 15) is 5.21 Å². The molecule has 1 heterocycles. The molecule has 0 bridgehead atoms. The van der Waals surface area contributed by atoms with Crippen LogP contribution < -0.4 is 0 Å². The summed E-state index contributed by atoms with van der Waals surface area (Å²) in [4.78, 5) is 0. The molecule has 0 aromatic heterocycles. The van der Waals surface area contributed by atoms with Crippen LogP contribution in [0.15, 0.2) is 12.7 Å². The molecule has 1 N–H and O–H groups in total. The van der Waals surface area contributed by atoms with Crippen LogP contribution in [0.2, 0.25) is 0 Å². The van der Waals surface area contributed by atoms with Crippen LogP contribution in [0.5, 0.6) is 0 Å². The van der Waals surface area contributed by atoms with Crippen molar-refractivity contribution in [3.05, 3.63) is 12.7 Å². The highest BCUT2D eigenvalue weighted by Crippen LogP contribution is 2.32. The quantitative estimate of drug-likeness (QED) is 0.617. The molecule has 2 heteroatoms. The number of hydroxylamine groups is 2. The van der Waals surface area contributed by atoms with Crippen molar-refractivity contribution in [1.29, 1.82) is 0 Å². The van der Waals surface area contributed by atoms with E-state index in [0.717, 1.165) is 25.9 Å². The Morgan fingerprint density at radius 2 is 2.45 bits per heavy atom. The van der Waals surface area contributed by atoms with Gasteiger partial charge >= 0.3 is 0 Å². The molecule has 0 amide bonds. The van der Waals surface area contributed by atoms with Crippen LogP contribution in [-0.4, -0.2) is 23.4 Å². The Balaban J connectivity index is 2.47. The maximum Gasteiger partial charge on any atom is 0.0295 e. The van der Waals surface area contributed by atoms with E-state index in [2.05, 4.69) is 13.5 Å². The first-order valence-electron chi connectivity index (χ1n) is 4.21. The van der Waals surface area contributed by atoms with Gasteiger partial charge in [-0.25, -0.2) is 0 Å². The van der Waals surface area contributed by atoms with Crippen molar-refractivity contribution in [3.63, 3.8) is 0 Å². The van der Waals surface area contributed by atoms with Gasteiger partial charge < -0.3 is 5.21 Å². The Bertz CT molecular complexity index is 146. The zero-order chi connectivity index (χ0) is 8.32. The van der Waals surface area contributed by atoms with Crippen molar-refractivity contribution in [1.82, 2.24) is 5.06 Å². The van der Waals surface area contributed by atoms with Crippen LogP contribution in [0.3, 0.4) is 0 Å². The molecule has 0 saturated carbocycles. The summed E-state index contributed by atoms with van der Waals surface area (Å²) in [6.07, 6.45) is 5.25. The molecule has 11 heavy (non-hydrogen) atoms. The topological polar surface area (TPSA) is 23.5 Å². The fourth-order valence-corrected chi connectivity index (χ4v) is 1.80. The minimum Gasteiger partial charge on any atom is -0.314 e. The van der Waals surface area contributed by atoms with Crippen molar-refractivity contribution in [2.24, 2.45) is 5.41 Å². The first-order valence-corrected chi connectivity index (χ1v) is 4.21. The van der Waals surface area contributed by atoms with E-state index in [1.165, 1.54) is 11.5 Å². The fraction of sp³-hybridized carbons (Fsp3) is 0.778. The lowest BCUT2D eigenvalue weighted by molar-refractivity contribution is -0.135. The van der Waals surface area contributed by atoms with Gasteiger partial charge in [-0.15, -0.1) is 6.58 Å². The second kappa shape index (κ2) is 3.37. The summed E-state index contributed by atoms with van der Waals surface area (Å²) in [5.41, 5.74) is 0.259. The van der Waals surface area contributed by atoms with Crippen LogP contribution in [0, 0.1) is 5.41 Å². The molecule has 0 unspecified atom stereocenters. The SMILES string of the molecule is C=CC[C@]1(C)CCCN(O)C1. The monoisotopic (exact) mass is 155 g/mol. The predicted octanol–water partition coefficient (Wildman–Crippen LogP) is 2.05. The zero-order valence-electron chi connectivity index (χ0n) is 7.21. The molecule has 1 aliphatic rings. The molecule has 0 spiro atoms. The number of allylic oxidation sites excluding steroid dienone is 1. The summed E-state index contributed by atoms with van der Waals surface area (Å²) in [6.45, 7) is 7.55. The summed E-state index contributed by atoms with van der Waals surface area (Å²) in [5, 5.41) is 10.7. The average Bonchev–Trinajstić information content (AvgIpc) is 1.86. The molecule has 0 radical (unpaired) electrons. The minimum absolute atomic E-state index is 0.259. The Morgan fingerprint density at radius 3 is 3.00 bits per heavy atom. The molecular formula is C9H17NO. The van der Waals surface area contributed by atoms with E-state index in [0.29, 0.717) is 0 Å². The summed E-state index contributed by atoms with van der Waals surface area (Å²) in [5.74, 6) is 0. The molecule has 0 aromatic carbocycles. The lowest BCUT2D eigenvalue weighted by Crippen LogP contribution is -2.39. The van der Waals surface area contributed by atoms with Crippen LogP contribution in [0.4, 0.5) is 0 Å². The lowest BCUT2D eigenvalue weighted by atomic mass is 9.80. The summed E-state index contributed by atoms with van der Waals surface area (Å²) >= 11 is 0. The van der Waals surface area contributed by atoms with E-state index in [1.54, 1.807) is 0 Å². The molecular weight excluding hydrogens is 138 g/mol. The smallest absolute Gasteiger partial charge is 0.0295 e. The van der Waals surface area contributed by atoms with Crippen molar-refractivity contribution < 1.29 is 5.21 Å². The van der Waals surface area contributed by atoms with Gasteiger partial charge in [0, 0.05) is 13.1 Å². The molecule has 0 aliphatic carbocycles.